The van der Waals surface area contributed by atoms with E-state index in [0.717, 1.165) is 38.0 Å². The number of nitriles is 1. The Balaban J connectivity index is 1.94. The second kappa shape index (κ2) is 6.03. The molecular formula is C17H30N2O. The van der Waals surface area contributed by atoms with Crippen LogP contribution in [0, 0.1) is 22.7 Å². The van der Waals surface area contributed by atoms with Crippen LogP contribution in [-0.4, -0.2) is 24.8 Å². The van der Waals surface area contributed by atoms with Gasteiger partial charge >= 0.3 is 0 Å². The SMILES string of the molecule is CNC1(C#N)CCCC(OC2CC(C)CC(C)(C)C2)C1. The highest BCUT2D eigenvalue weighted by atomic mass is 16.5. The van der Waals surface area contributed by atoms with Crippen LogP contribution in [0.25, 0.3) is 0 Å². The van der Waals surface area contributed by atoms with Gasteiger partial charge in [-0.25, -0.2) is 0 Å². The predicted octanol–water partition coefficient (Wildman–Crippen LogP) is 3.64. The smallest absolute Gasteiger partial charge is 0.109 e. The zero-order valence-electron chi connectivity index (χ0n) is 13.5. The van der Waals surface area contributed by atoms with Gasteiger partial charge in [-0.15, -0.1) is 0 Å². The van der Waals surface area contributed by atoms with Crippen molar-refractivity contribution in [2.24, 2.45) is 11.3 Å². The third-order valence-corrected chi connectivity index (χ3v) is 5.13. The van der Waals surface area contributed by atoms with Crippen molar-refractivity contribution in [1.29, 1.82) is 5.26 Å². The van der Waals surface area contributed by atoms with Gasteiger partial charge in [0.1, 0.15) is 5.54 Å². The molecule has 114 valence electrons. The second-order valence-corrected chi connectivity index (χ2v) is 7.83. The van der Waals surface area contributed by atoms with Gasteiger partial charge in [0.15, 0.2) is 0 Å². The normalized spacial score (nSPS) is 41.0. The van der Waals surface area contributed by atoms with Crippen LogP contribution in [0.4, 0.5) is 0 Å². The summed E-state index contributed by atoms with van der Waals surface area (Å²) in [5.41, 5.74) is 0.0328. The molecule has 2 rings (SSSR count). The van der Waals surface area contributed by atoms with Crippen LogP contribution >= 0.6 is 0 Å². The monoisotopic (exact) mass is 278 g/mol. The van der Waals surface area contributed by atoms with Crippen molar-refractivity contribution in [3.63, 3.8) is 0 Å². The lowest BCUT2D eigenvalue weighted by molar-refractivity contribution is -0.0838. The Kier molecular flexibility index (Phi) is 4.76. The minimum Gasteiger partial charge on any atom is -0.375 e. The van der Waals surface area contributed by atoms with E-state index >= 15 is 0 Å². The zero-order valence-corrected chi connectivity index (χ0v) is 13.5. The summed E-state index contributed by atoms with van der Waals surface area (Å²) in [6, 6.07) is 2.47. The molecule has 20 heavy (non-hydrogen) atoms. The first-order chi connectivity index (χ1) is 9.38. The molecule has 0 aromatic carbocycles. The minimum absolute atomic E-state index is 0.252. The molecule has 4 unspecified atom stereocenters. The van der Waals surface area contributed by atoms with E-state index in [1.54, 1.807) is 0 Å². The fourth-order valence-corrected chi connectivity index (χ4v) is 4.36. The molecule has 3 nitrogen and oxygen atoms in total. The van der Waals surface area contributed by atoms with Crippen LogP contribution in [0.2, 0.25) is 0 Å². The molecule has 0 radical (unpaired) electrons. The van der Waals surface area contributed by atoms with Crippen molar-refractivity contribution in [3.8, 4) is 6.07 Å². The molecule has 0 heterocycles. The third kappa shape index (κ3) is 3.74. The lowest BCUT2D eigenvalue weighted by Gasteiger charge is -2.42. The zero-order chi connectivity index (χ0) is 14.8. The van der Waals surface area contributed by atoms with Crippen molar-refractivity contribution >= 4 is 0 Å². The molecule has 2 aliphatic carbocycles. The van der Waals surface area contributed by atoms with Crippen LogP contribution in [0.3, 0.4) is 0 Å². The van der Waals surface area contributed by atoms with Crippen molar-refractivity contribution < 1.29 is 4.74 Å². The topological polar surface area (TPSA) is 45.0 Å². The van der Waals surface area contributed by atoms with E-state index in [1.807, 2.05) is 7.05 Å². The first-order valence-corrected chi connectivity index (χ1v) is 8.14. The molecule has 2 fully saturated rings. The molecule has 4 atom stereocenters. The molecular weight excluding hydrogens is 248 g/mol. The number of hydrogen-bond donors (Lipinski definition) is 1. The van der Waals surface area contributed by atoms with Crippen LogP contribution < -0.4 is 5.32 Å². The van der Waals surface area contributed by atoms with Crippen molar-refractivity contribution in [2.75, 3.05) is 7.05 Å². The molecule has 0 amide bonds. The summed E-state index contributed by atoms with van der Waals surface area (Å²) in [6.07, 6.45) is 8.26. The Hall–Kier alpha value is -0.590. The van der Waals surface area contributed by atoms with Gasteiger partial charge in [-0.2, -0.15) is 5.26 Å². The van der Waals surface area contributed by atoms with E-state index in [2.05, 4.69) is 32.2 Å². The van der Waals surface area contributed by atoms with Gasteiger partial charge in [0, 0.05) is 6.42 Å². The van der Waals surface area contributed by atoms with Gasteiger partial charge in [-0.05, 0) is 56.9 Å². The van der Waals surface area contributed by atoms with Gasteiger partial charge < -0.3 is 10.1 Å². The van der Waals surface area contributed by atoms with Gasteiger partial charge in [0.25, 0.3) is 0 Å². The van der Waals surface area contributed by atoms with Gasteiger partial charge in [0.05, 0.1) is 18.3 Å². The maximum atomic E-state index is 9.42. The number of hydrogen-bond acceptors (Lipinski definition) is 3. The summed E-state index contributed by atoms with van der Waals surface area (Å²) in [7, 11) is 1.90. The van der Waals surface area contributed by atoms with E-state index in [-0.39, 0.29) is 11.6 Å². The first kappa shape index (κ1) is 15.8. The van der Waals surface area contributed by atoms with Crippen LogP contribution in [0.1, 0.15) is 65.7 Å². The maximum Gasteiger partial charge on any atom is 0.109 e. The molecule has 0 aliphatic heterocycles. The molecule has 0 bridgehead atoms. The van der Waals surface area contributed by atoms with E-state index in [9.17, 15) is 5.26 Å². The van der Waals surface area contributed by atoms with E-state index in [4.69, 9.17) is 4.74 Å². The standard InChI is InChI=1S/C17H30N2O/c1-13-8-15(10-16(2,3)9-13)20-14-6-5-7-17(11-14,12-18)19-4/h13-15,19H,5-11H2,1-4H3. The highest BCUT2D eigenvalue weighted by molar-refractivity contribution is 5.09. The lowest BCUT2D eigenvalue weighted by Crippen LogP contribution is -2.48. The number of ether oxygens (including phenoxy) is 1. The summed E-state index contributed by atoms with van der Waals surface area (Å²) in [5, 5.41) is 12.6. The molecule has 0 saturated heterocycles. The fraction of sp³-hybridized carbons (Fsp3) is 0.941. The third-order valence-electron chi connectivity index (χ3n) is 5.13. The predicted molar refractivity (Wildman–Crippen MR) is 81.3 cm³/mol. The Morgan fingerprint density at radius 1 is 1.20 bits per heavy atom. The highest BCUT2D eigenvalue weighted by Crippen LogP contribution is 2.41. The van der Waals surface area contributed by atoms with Crippen molar-refractivity contribution in [2.45, 2.75) is 83.5 Å². The van der Waals surface area contributed by atoms with Crippen LogP contribution in [0.15, 0.2) is 0 Å². The molecule has 0 aromatic rings. The Morgan fingerprint density at radius 2 is 1.95 bits per heavy atom. The molecule has 0 aromatic heterocycles. The molecule has 1 N–H and O–H groups in total. The maximum absolute atomic E-state index is 9.42. The largest absolute Gasteiger partial charge is 0.375 e. The minimum atomic E-state index is -0.362. The van der Waals surface area contributed by atoms with Gasteiger partial charge in [-0.1, -0.05) is 20.8 Å². The summed E-state index contributed by atoms with van der Waals surface area (Å²) >= 11 is 0. The second-order valence-electron chi connectivity index (χ2n) is 7.83. The average molecular weight is 278 g/mol. The van der Waals surface area contributed by atoms with Gasteiger partial charge in [-0.3, -0.25) is 0 Å². The van der Waals surface area contributed by atoms with Crippen LogP contribution in [-0.2, 0) is 4.74 Å². The number of nitrogens with one attached hydrogen (secondary N) is 1. The summed E-state index contributed by atoms with van der Waals surface area (Å²) in [6.45, 7) is 7.05. The Labute approximate surface area is 124 Å². The summed E-state index contributed by atoms with van der Waals surface area (Å²) in [5.74, 6) is 0.748. The molecule has 2 saturated carbocycles. The van der Waals surface area contributed by atoms with E-state index < -0.39 is 0 Å². The van der Waals surface area contributed by atoms with E-state index in [0.29, 0.717) is 11.5 Å². The fourth-order valence-electron chi connectivity index (χ4n) is 4.36. The molecule has 0 spiro atoms. The Morgan fingerprint density at radius 3 is 2.55 bits per heavy atom. The number of nitrogens with zero attached hydrogens (tertiary/aromatic N) is 1. The first-order valence-electron chi connectivity index (χ1n) is 8.14. The molecule has 3 heteroatoms. The van der Waals surface area contributed by atoms with Gasteiger partial charge in [0.2, 0.25) is 0 Å². The summed E-state index contributed by atoms with van der Waals surface area (Å²) < 4.78 is 6.41. The Bertz CT molecular complexity index is 374. The van der Waals surface area contributed by atoms with Crippen molar-refractivity contribution in [3.05, 3.63) is 0 Å². The lowest BCUT2D eigenvalue weighted by atomic mass is 9.71. The highest BCUT2D eigenvalue weighted by Gasteiger charge is 2.39. The number of rotatable bonds is 3. The van der Waals surface area contributed by atoms with Crippen LogP contribution in [0.5, 0.6) is 0 Å². The molecule has 2 aliphatic rings. The quantitative estimate of drug-likeness (QED) is 0.857. The average Bonchev–Trinajstić information content (AvgIpc) is 2.36. The van der Waals surface area contributed by atoms with Crippen molar-refractivity contribution in [1.82, 2.24) is 5.32 Å². The van der Waals surface area contributed by atoms with E-state index in [1.165, 1.54) is 12.8 Å². The summed E-state index contributed by atoms with van der Waals surface area (Å²) in [4.78, 5) is 0.